The highest BCUT2D eigenvalue weighted by Gasteiger charge is 2.07. The first-order valence-electron chi connectivity index (χ1n) is 7.77. The van der Waals surface area contributed by atoms with Crippen LogP contribution in [0, 0.1) is 0 Å². The standard InChI is InChI=1S/C17H23N3O3/c1-4-11(2)19-17(22)18-8-7-13-9-12-5-6-14(23-3)10-15(12)20-16(13)21/h5-6,9-11H,4,7-8H2,1-3H3,(H,20,21)(H2,18,19,22). The minimum absolute atomic E-state index is 0.133. The second-order valence-electron chi connectivity index (χ2n) is 5.54. The topological polar surface area (TPSA) is 83.2 Å². The van der Waals surface area contributed by atoms with Gasteiger partial charge in [-0.15, -0.1) is 0 Å². The first-order valence-corrected chi connectivity index (χ1v) is 7.77. The molecule has 3 N–H and O–H groups in total. The van der Waals surface area contributed by atoms with Crippen molar-refractivity contribution in [1.29, 1.82) is 0 Å². The molecule has 2 rings (SSSR count). The fourth-order valence-corrected chi connectivity index (χ4v) is 2.23. The number of hydrogen-bond donors (Lipinski definition) is 3. The zero-order valence-corrected chi connectivity index (χ0v) is 13.7. The van der Waals surface area contributed by atoms with Crippen LogP contribution in [0.3, 0.4) is 0 Å². The van der Waals surface area contributed by atoms with Crippen LogP contribution in [-0.2, 0) is 6.42 Å². The Morgan fingerprint density at radius 2 is 2.13 bits per heavy atom. The molecule has 1 aromatic carbocycles. The largest absolute Gasteiger partial charge is 0.497 e. The number of aromatic amines is 1. The molecule has 1 unspecified atom stereocenters. The maximum absolute atomic E-state index is 12.1. The SMILES string of the molecule is CCC(C)NC(=O)NCCc1cc2ccc(OC)cc2[nH]c1=O. The lowest BCUT2D eigenvalue weighted by atomic mass is 10.1. The predicted molar refractivity (Wildman–Crippen MR) is 91.1 cm³/mol. The van der Waals surface area contributed by atoms with Gasteiger partial charge in [0.25, 0.3) is 5.56 Å². The van der Waals surface area contributed by atoms with Crippen LogP contribution in [0.2, 0.25) is 0 Å². The molecular weight excluding hydrogens is 294 g/mol. The lowest BCUT2D eigenvalue weighted by molar-refractivity contribution is 0.237. The number of aromatic nitrogens is 1. The van der Waals surface area contributed by atoms with Gasteiger partial charge in [-0.25, -0.2) is 4.79 Å². The number of ether oxygens (including phenoxy) is 1. The van der Waals surface area contributed by atoms with Gasteiger partial charge < -0.3 is 20.4 Å². The predicted octanol–water partition coefficient (Wildman–Crippen LogP) is 2.18. The molecule has 0 saturated heterocycles. The van der Waals surface area contributed by atoms with Gasteiger partial charge in [-0.1, -0.05) is 6.92 Å². The molecule has 2 aromatic rings. The smallest absolute Gasteiger partial charge is 0.315 e. The zero-order chi connectivity index (χ0) is 16.8. The van der Waals surface area contributed by atoms with E-state index in [2.05, 4.69) is 15.6 Å². The van der Waals surface area contributed by atoms with Crippen LogP contribution in [0.5, 0.6) is 5.75 Å². The van der Waals surface area contributed by atoms with Gasteiger partial charge in [0.15, 0.2) is 0 Å². The summed E-state index contributed by atoms with van der Waals surface area (Å²) in [4.78, 5) is 26.6. The number of fused-ring (bicyclic) bond motifs is 1. The van der Waals surface area contributed by atoms with Gasteiger partial charge in [0.2, 0.25) is 0 Å². The highest BCUT2D eigenvalue weighted by molar-refractivity contribution is 5.80. The highest BCUT2D eigenvalue weighted by atomic mass is 16.5. The van der Waals surface area contributed by atoms with Crippen molar-refractivity contribution in [1.82, 2.24) is 15.6 Å². The van der Waals surface area contributed by atoms with Crippen molar-refractivity contribution in [3.8, 4) is 5.75 Å². The number of H-pyrrole nitrogens is 1. The second kappa shape index (κ2) is 7.67. The number of urea groups is 1. The Morgan fingerprint density at radius 3 is 2.83 bits per heavy atom. The molecule has 1 atom stereocenters. The van der Waals surface area contributed by atoms with E-state index in [9.17, 15) is 9.59 Å². The van der Waals surface area contributed by atoms with Crippen LogP contribution < -0.4 is 20.9 Å². The van der Waals surface area contributed by atoms with Crippen LogP contribution in [0.15, 0.2) is 29.1 Å². The van der Waals surface area contributed by atoms with Gasteiger partial charge in [0.05, 0.1) is 12.6 Å². The summed E-state index contributed by atoms with van der Waals surface area (Å²) in [6, 6.07) is 7.31. The van der Waals surface area contributed by atoms with Crippen molar-refractivity contribution in [2.45, 2.75) is 32.7 Å². The number of carbonyl (C=O) groups excluding carboxylic acids is 1. The number of amides is 2. The van der Waals surface area contributed by atoms with Crippen LogP contribution in [-0.4, -0.2) is 30.7 Å². The summed E-state index contributed by atoms with van der Waals surface area (Å²) < 4.78 is 5.15. The maximum Gasteiger partial charge on any atom is 0.315 e. The number of rotatable bonds is 6. The fourth-order valence-electron chi connectivity index (χ4n) is 2.23. The van der Waals surface area contributed by atoms with Gasteiger partial charge in [0, 0.05) is 24.2 Å². The Kier molecular flexibility index (Phi) is 5.62. The van der Waals surface area contributed by atoms with E-state index in [1.807, 2.05) is 32.0 Å². The van der Waals surface area contributed by atoms with E-state index in [1.54, 1.807) is 13.2 Å². The van der Waals surface area contributed by atoms with Crippen molar-refractivity contribution in [2.75, 3.05) is 13.7 Å². The average molecular weight is 317 g/mol. The first-order chi connectivity index (χ1) is 11.0. The summed E-state index contributed by atoms with van der Waals surface area (Å²) in [5.41, 5.74) is 1.24. The summed E-state index contributed by atoms with van der Waals surface area (Å²) >= 11 is 0. The van der Waals surface area contributed by atoms with E-state index in [4.69, 9.17) is 4.74 Å². The van der Waals surface area contributed by atoms with Crippen LogP contribution in [0.1, 0.15) is 25.8 Å². The van der Waals surface area contributed by atoms with Crippen molar-refractivity contribution in [3.05, 3.63) is 40.2 Å². The number of hydrogen-bond acceptors (Lipinski definition) is 3. The summed E-state index contributed by atoms with van der Waals surface area (Å²) in [6.07, 6.45) is 1.35. The summed E-state index contributed by atoms with van der Waals surface area (Å²) in [7, 11) is 1.59. The van der Waals surface area contributed by atoms with Crippen LogP contribution in [0.25, 0.3) is 10.9 Å². The summed E-state index contributed by atoms with van der Waals surface area (Å²) in [5, 5.41) is 6.52. The minimum Gasteiger partial charge on any atom is -0.497 e. The highest BCUT2D eigenvalue weighted by Crippen LogP contribution is 2.18. The summed E-state index contributed by atoms with van der Waals surface area (Å²) in [5.74, 6) is 0.698. The first kappa shape index (κ1) is 16.9. The Hall–Kier alpha value is -2.50. The molecule has 6 nitrogen and oxygen atoms in total. The normalized spacial score (nSPS) is 12.0. The van der Waals surface area contributed by atoms with Crippen molar-refractivity contribution >= 4 is 16.9 Å². The van der Waals surface area contributed by atoms with Crippen molar-refractivity contribution in [3.63, 3.8) is 0 Å². The molecule has 0 bridgehead atoms. The van der Waals surface area contributed by atoms with Crippen LogP contribution in [0.4, 0.5) is 4.79 Å². The molecule has 0 aliphatic heterocycles. The van der Waals surface area contributed by atoms with E-state index in [1.165, 1.54) is 0 Å². The number of pyridine rings is 1. The van der Waals surface area contributed by atoms with E-state index < -0.39 is 0 Å². The Labute approximate surface area is 135 Å². The average Bonchev–Trinajstić information content (AvgIpc) is 2.54. The Balaban J connectivity index is 2.02. The van der Waals surface area contributed by atoms with E-state index in [0.29, 0.717) is 24.3 Å². The molecule has 6 heteroatoms. The Morgan fingerprint density at radius 1 is 1.35 bits per heavy atom. The molecule has 0 spiro atoms. The zero-order valence-electron chi connectivity index (χ0n) is 13.7. The third kappa shape index (κ3) is 4.48. The lowest BCUT2D eigenvalue weighted by Gasteiger charge is -2.12. The molecule has 23 heavy (non-hydrogen) atoms. The molecular formula is C17H23N3O3. The van der Waals surface area contributed by atoms with Gasteiger partial charge in [-0.3, -0.25) is 4.79 Å². The Bertz CT molecular complexity index is 739. The quantitative estimate of drug-likeness (QED) is 0.763. The molecule has 0 fully saturated rings. The van der Waals surface area contributed by atoms with Crippen molar-refractivity contribution < 1.29 is 9.53 Å². The molecule has 1 heterocycles. The van der Waals surface area contributed by atoms with E-state index in [-0.39, 0.29) is 17.6 Å². The molecule has 0 radical (unpaired) electrons. The van der Waals surface area contributed by atoms with Gasteiger partial charge in [0.1, 0.15) is 5.75 Å². The third-order valence-electron chi connectivity index (χ3n) is 3.80. The van der Waals surface area contributed by atoms with Gasteiger partial charge in [-0.05, 0) is 43.4 Å². The molecule has 0 aliphatic rings. The van der Waals surface area contributed by atoms with E-state index in [0.717, 1.165) is 17.3 Å². The number of benzene rings is 1. The fraction of sp³-hybridized carbons (Fsp3) is 0.412. The van der Waals surface area contributed by atoms with Gasteiger partial charge in [-0.2, -0.15) is 0 Å². The van der Waals surface area contributed by atoms with Crippen LogP contribution >= 0.6 is 0 Å². The van der Waals surface area contributed by atoms with Gasteiger partial charge >= 0.3 is 6.03 Å². The molecule has 124 valence electrons. The number of nitrogens with one attached hydrogen (secondary N) is 3. The summed E-state index contributed by atoms with van der Waals surface area (Å²) in [6.45, 7) is 4.36. The number of carbonyl (C=O) groups is 1. The maximum atomic E-state index is 12.1. The monoisotopic (exact) mass is 317 g/mol. The number of methoxy groups -OCH3 is 1. The van der Waals surface area contributed by atoms with E-state index >= 15 is 0 Å². The third-order valence-corrected chi connectivity index (χ3v) is 3.80. The lowest BCUT2D eigenvalue weighted by Crippen LogP contribution is -2.41. The van der Waals surface area contributed by atoms with Crippen molar-refractivity contribution in [2.24, 2.45) is 0 Å². The molecule has 0 aliphatic carbocycles. The second-order valence-corrected chi connectivity index (χ2v) is 5.54. The molecule has 2 amide bonds. The molecule has 0 saturated carbocycles. The minimum atomic E-state index is -0.207. The molecule has 1 aromatic heterocycles.